The highest BCUT2D eigenvalue weighted by Gasteiger charge is 2.23. The van der Waals surface area contributed by atoms with Crippen LogP contribution in [0.1, 0.15) is 43.4 Å². The molecule has 1 fully saturated rings. The van der Waals surface area contributed by atoms with Crippen LogP contribution in [0.5, 0.6) is 11.5 Å². The molecule has 0 bridgehead atoms. The molecule has 1 aliphatic carbocycles. The Kier molecular flexibility index (Phi) is 11.3. The van der Waals surface area contributed by atoms with E-state index in [1.54, 1.807) is 0 Å². The number of hydrogen-bond acceptors (Lipinski definition) is 4. The van der Waals surface area contributed by atoms with Gasteiger partial charge in [-0.3, -0.25) is 4.79 Å². The quantitative estimate of drug-likeness (QED) is 0.218. The van der Waals surface area contributed by atoms with Crippen molar-refractivity contribution in [3.63, 3.8) is 0 Å². The number of ether oxygens (including phenoxy) is 2. The third kappa shape index (κ3) is 9.49. The topological polar surface area (TPSA) is 84.0 Å². The smallest absolute Gasteiger partial charge is 0.258 e. The predicted octanol–water partition coefficient (Wildman–Crippen LogP) is 3.92. The second-order valence-electron chi connectivity index (χ2n) is 7.87. The van der Waals surface area contributed by atoms with E-state index in [9.17, 15) is 4.79 Å². The number of halogens is 1. The minimum atomic E-state index is -0.0721. The standard InChI is InChI=1S/C25H34N4O3.HI/c1-4-26-25(28-16-20-10-9-18(3)13-23(20)31-5-2)27-15-19-7-6-8-22(14-19)32-17-24(30)29-21-11-12-21;/h6-10,13-14,21H,4-5,11-12,15-17H2,1-3H3,(H,29,30)(H2,26,27,28);1H. The van der Waals surface area contributed by atoms with Crippen LogP contribution < -0.4 is 25.4 Å². The Bertz CT molecular complexity index is 932. The van der Waals surface area contributed by atoms with Crippen LogP contribution in [-0.2, 0) is 17.9 Å². The molecule has 3 N–H and O–H groups in total. The van der Waals surface area contributed by atoms with E-state index in [0.717, 1.165) is 42.2 Å². The summed E-state index contributed by atoms with van der Waals surface area (Å²) < 4.78 is 11.4. The largest absolute Gasteiger partial charge is 0.494 e. The van der Waals surface area contributed by atoms with E-state index < -0.39 is 0 Å². The number of guanidine groups is 1. The molecule has 0 atom stereocenters. The summed E-state index contributed by atoms with van der Waals surface area (Å²) in [4.78, 5) is 16.5. The van der Waals surface area contributed by atoms with Crippen molar-refractivity contribution in [1.82, 2.24) is 16.0 Å². The van der Waals surface area contributed by atoms with E-state index >= 15 is 0 Å². The first-order valence-corrected chi connectivity index (χ1v) is 11.3. The van der Waals surface area contributed by atoms with Gasteiger partial charge in [-0.1, -0.05) is 24.3 Å². The summed E-state index contributed by atoms with van der Waals surface area (Å²) >= 11 is 0. The minimum Gasteiger partial charge on any atom is -0.494 e. The number of aryl methyl sites for hydroxylation is 1. The van der Waals surface area contributed by atoms with Gasteiger partial charge in [0.15, 0.2) is 12.6 Å². The fourth-order valence-corrected chi connectivity index (χ4v) is 3.17. The number of hydrogen-bond donors (Lipinski definition) is 3. The van der Waals surface area contributed by atoms with Crippen molar-refractivity contribution in [3.8, 4) is 11.5 Å². The Balaban J connectivity index is 0.00000385. The Morgan fingerprint density at radius 2 is 1.91 bits per heavy atom. The molecule has 7 nitrogen and oxygen atoms in total. The van der Waals surface area contributed by atoms with Crippen LogP contribution in [0.4, 0.5) is 0 Å². The number of aliphatic imine (C=N–C) groups is 1. The Morgan fingerprint density at radius 1 is 1.09 bits per heavy atom. The van der Waals surface area contributed by atoms with Crippen LogP contribution in [-0.4, -0.2) is 37.7 Å². The van der Waals surface area contributed by atoms with Crippen molar-refractivity contribution in [2.45, 2.75) is 52.7 Å². The van der Waals surface area contributed by atoms with E-state index in [4.69, 9.17) is 14.5 Å². The third-order valence-electron chi connectivity index (χ3n) is 4.94. The maximum atomic E-state index is 11.8. The minimum absolute atomic E-state index is 0. The molecule has 0 spiro atoms. The molecule has 0 heterocycles. The summed E-state index contributed by atoms with van der Waals surface area (Å²) in [5, 5.41) is 9.58. The van der Waals surface area contributed by atoms with Crippen molar-refractivity contribution in [3.05, 3.63) is 59.2 Å². The molecule has 1 aliphatic rings. The lowest BCUT2D eigenvalue weighted by molar-refractivity contribution is -0.123. The first-order valence-electron chi connectivity index (χ1n) is 11.3. The number of nitrogens with one attached hydrogen (secondary N) is 3. The second kappa shape index (κ2) is 13.9. The molecule has 3 rings (SSSR count). The average Bonchev–Trinajstić information content (AvgIpc) is 3.60. The normalized spacial score (nSPS) is 13.0. The van der Waals surface area contributed by atoms with Gasteiger partial charge in [0.2, 0.25) is 0 Å². The van der Waals surface area contributed by atoms with Gasteiger partial charge in [-0.25, -0.2) is 4.99 Å². The molecular formula is C25H35IN4O3. The van der Waals surface area contributed by atoms with Crippen molar-refractivity contribution in [2.75, 3.05) is 19.8 Å². The van der Waals surface area contributed by atoms with Crippen LogP contribution >= 0.6 is 24.0 Å². The first-order chi connectivity index (χ1) is 15.6. The lowest BCUT2D eigenvalue weighted by Gasteiger charge is -2.15. The zero-order valence-corrected chi connectivity index (χ0v) is 22.0. The highest BCUT2D eigenvalue weighted by Crippen LogP contribution is 2.20. The molecule has 2 aromatic carbocycles. The van der Waals surface area contributed by atoms with Crippen LogP contribution in [0.25, 0.3) is 0 Å². The van der Waals surface area contributed by atoms with Gasteiger partial charge in [-0.05, 0) is 62.9 Å². The van der Waals surface area contributed by atoms with E-state index in [1.807, 2.05) is 38.1 Å². The summed E-state index contributed by atoms with van der Waals surface area (Å²) in [7, 11) is 0. The highest BCUT2D eigenvalue weighted by atomic mass is 127. The molecule has 8 heteroatoms. The molecule has 2 aromatic rings. The number of nitrogens with zero attached hydrogens (tertiary/aromatic N) is 1. The SMILES string of the molecule is CCNC(=NCc1cccc(OCC(=O)NC2CC2)c1)NCc1ccc(C)cc1OCC.I. The van der Waals surface area contributed by atoms with E-state index in [0.29, 0.717) is 31.5 Å². The molecule has 0 aromatic heterocycles. The number of carbonyl (C=O) groups excluding carboxylic acids is 1. The van der Waals surface area contributed by atoms with Crippen LogP contribution in [0.2, 0.25) is 0 Å². The summed E-state index contributed by atoms with van der Waals surface area (Å²) in [5.74, 6) is 2.22. The molecule has 0 radical (unpaired) electrons. The second-order valence-corrected chi connectivity index (χ2v) is 7.87. The molecule has 180 valence electrons. The van der Waals surface area contributed by atoms with Gasteiger partial charge < -0.3 is 25.4 Å². The van der Waals surface area contributed by atoms with Gasteiger partial charge in [0.25, 0.3) is 5.91 Å². The van der Waals surface area contributed by atoms with Gasteiger partial charge in [-0.2, -0.15) is 0 Å². The maximum Gasteiger partial charge on any atom is 0.258 e. The van der Waals surface area contributed by atoms with Crippen LogP contribution in [0, 0.1) is 6.92 Å². The number of rotatable bonds is 11. The average molecular weight is 566 g/mol. The molecule has 0 unspecified atom stereocenters. The first kappa shape index (κ1) is 26.8. The van der Waals surface area contributed by atoms with Gasteiger partial charge in [0, 0.05) is 24.7 Å². The van der Waals surface area contributed by atoms with Gasteiger partial charge in [-0.15, -0.1) is 24.0 Å². The molecule has 33 heavy (non-hydrogen) atoms. The zero-order chi connectivity index (χ0) is 22.8. The third-order valence-corrected chi connectivity index (χ3v) is 4.94. The number of amides is 1. The van der Waals surface area contributed by atoms with E-state index in [1.165, 1.54) is 5.56 Å². The molecular weight excluding hydrogens is 531 g/mol. The summed E-state index contributed by atoms with van der Waals surface area (Å²) in [5.41, 5.74) is 3.26. The number of benzene rings is 2. The Hall–Kier alpha value is -2.49. The van der Waals surface area contributed by atoms with Gasteiger partial charge in [0.1, 0.15) is 11.5 Å². The molecule has 1 saturated carbocycles. The fourth-order valence-electron chi connectivity index (χ4n) is 3.17. The van der Waals surface area contributed by atoms with Gasteiger partial charge in [0.05, 0.1) is 13.2 Å². The van der Waals surface area contributed by atoms with Crippen LogP contribution in [0.3, 0.4) is 0 Å². The van der Waals surface area contributed by atoms with Crippen molar-refractivity contribution < 1.29 is 14.3 Å². The van der Waals surface area contributed by atoms with E-state index in [2.05, 4.69) is 41.1 Å². The Morgan fingerprint density at radius 3 is 2.64 bits per heavy atom. The van der Waals surface area contributed by atoms with E-state index in [-0.39, 0.29) is 36.5 Å². The summed E-state index contributed by atoms with van der Waals surface area (Å²) in [6, 6.07) is 14.3. The van der Waals surface area contributed by atoms with Crippen molar-refractivity contribution in [2.24, 2.45) is 4.99 Å². The highest BCUT2D eigenvalue weighted by molar-refractivity contribution is 14.0. The molecule has 1 amide bonds. The summed E-state index contributed by atoms with van der Waals surface area (Å²) in [6.45, 7) is 8.61. The Labute approximate surface area is 213 Å². The lowest BCUT2D eigenvalue weighted by atomic mass is 10.1. The summed E-state index contributed by atoms with van der Waals surface area (Å²) in [6.07, 6.45) is 2.14. The fraction of sp³-hybridized carbons (Fsp3) is 0.440. The van der Waals surface area contributed by atoms with Crippen molar-refractivity contribution >= 4 is 35.8 Å². The number of carbonyl (C=O) groups is 1. The monoisotopic (exact) mass is 566 g/mol. The van der Waals surface area contributed by atoms with Gasteiger partial charge >= 0.3 is 0 Å². The lowest BCUT2D eigenvalue weighted by Crippen LogP contribution is -2.36. The maximum absolute atomic E-state index is 11.8. The van der Waals surface area contributed by atoms with Crippen molar-refractivity contribution in [1.29, 1.82) is 0 Å². The zero-order valence-electron chi connectivity index (χ0n) is 19.6. The molecule has 0 aliphatic heterocycles. The predicted molar refractivity (Wildman–Crippen MR) is 143 cm³/mol. The van der Waals surface area contributed by atoms with Crippen LogP contribution in [0.15, 0.2) is 47.5 Å². The molecule has 0 saturated heterocycles.